The van der Waals surface area contributed by atoms with Crippen LogP contribution in [-0.4, -0.2) is 37.6 Å². The Morgan fingerprint density at radius 3 is 2.30 bits per heavy atom. The highest BCUT2D eigenvalue weighted by molar-refractivity contribution is 5.83. The van der Waals surface area contributed by atoms with Crippen molar-refractivity contribution < 1.29 is 19.0 Å². The largest absolute Gasteiger partial charge is 0.493 e. The molecule has 0 radical (unpaired) electrons. The molecule has 0 saturated carbocycles. The fraction of sp³-hybridized carbons (Fsp3) is 0.267. The van der Waals surface area contributed by atoms with Crippen molar-refractivity contribution in [3.63, 3.8) is 0 Å². The van der Waals surface area contributed by atoms with E-state index in [1.807, 2.05) is 18.2 Å². The van der Waals surface area contributed by atoms with Gasteiger partial charge in [0, 0.05) is 6.54 Å². The zero-order valence-corrected chi connectivity index (χ0v) is 13.1. The van der Waals surface area contributed by atoms with Crippen LogP contribution in [0.25, 0.3) is 0 Å². The summed E-state index contributed by atoms with van der Waals surface area (Å²) in [5.41, 5.74) is 1.00. The van der Waals surface area contributed by atoms with E-state index in [2.05, 4.69) is 25.6 Å². The number of aromatic nitrogens is 2. The van der Waals surface area contributed by atoms with Crippen molar-refractivity contribution in [2.75, 3.05) is 32.0 Å². The summed E-state index contributed by atoms with van der Waals surface area (Å²) in [6.07, 6.45) is -0.592. The Morgan fingerprint density at radius 2 is 1.70 bits per heavy atom. The van der Waals surface area contributed by atoms with Gasteiger partial charge in [-0.15, -0.1) is 10.2 Å². The lowest BCUT2D eigenvalue weighted by atomic mass is 10.2. The topological polar surface area (TPSA) is 94.6 Å². The standard InChI is InChI=1S/C15H18N4O4/c1-21-11-5-4-10(8-12(11)22-2)9-16-13-6-7-14(19-18-13)17-15(20)23-3/h4-8H,9H2,1-3H3,(H,16,18)(H,17,19,20). The lowest BCUT2D eigenvalue weighted by Crippen LogP contribution is -2.13. The first-order valence-corrected chi connectivity index (χ1v) is 6.79. The molecule has 1 amide bonds. The smallest absolute Gasteiger partial charge is 0.412 e. The van der Waals surface area contributed by atoms with E-state index < -0.39 is 6.09 Å². The predicted octanol–water partition coefficient (Wildman–Crippen LogP) is 2.28. The van der Waals surface area contributed by atoms with Crippen LogP contribution < -0.4 is 20.1 Å². The first-order valence-electron chi connectivity index (χ1n) is 6.79. The molecule has 0 aliphatic carbocycles. The average molecular weight is 318 g/mol. The van der Waals surface area contributed by atoms with Crippen LogP contribution in [0.1, 0.15) is 5.56 Å². The summed E-state index contributed by atoms with van der Waals surface area (Å²) in [5.74, 6) is 2.23. The molecule has 0 bridgehead atoms. The summed E-state index contributed by atoms with van der Waals surface area (Å²) in [4.78, 5) is 11.1. The molecule has 0 aliphatic rings. The van der Waals surface area contributed by atoms with Crippen LogP contribution in [0.4, 0.5) is 16.4 Å². The van der Waals surface area contributed by atoms with Gasteiger partial charge in [0.2, 0.25) is 0 Å². The molecule has 0 unspecified atom stereocenters. The number of carbonyl (C=O) groups excluding carboxylic acids is 1. The molecule has 0 spiro atoms. The van der Waals surface area contributed by atoms with Gasteiger partial charge >= 0.3 is 6.09 Å². The van der Waals surface area contributed by atoms with Gasteiger partial charge in [-0.05, 0) is 29.8 Å². The van der Waals surface area contributed by atoms with E-state index >= 15 is 0 Å². The van der Waals surface area contributed by atoms with Gasteiger partial charge in [-0.3, -0.25) is 5.32 Å². The van der Waals surface area contributed by atoms with Crippen molar-refractivity contribution in [2.24, 2.45) is 0 Å². The maximum Gasteiger partial charge on any atom is 0.412 e. The van der Waals surface area contributed by atoms with Gasteiger partial charge in [0.25, 0.3) is 0 Å². The number of anilines is 2. The number of rotatable bonds is 6. The molecule has 122 valence electrons. The molecule has 23 heavy (non-hydrogen) atoms. The molecule has 0 atom stereocenters. The first kappa shape index (κ1) is 16.3. The van der Waals surface area contributed by atoms with E-state index in [0.717, 1.165) is 5.56 Å². The third-order valence-electron chi connectivity index (χ3n) is 3.00. The van der Waals surface area contributed by atoms with Crippen LogP contribution in [0, 0.1) is 0 Å². The number of nitrogens with one attached hydrogen (secondary N) is 2. The van der Waals surface area contributed by atoms with E-state index in [-0.39, 0.29) is 0 Å². The Morgan fingerprint density at radius 1 is 1.00 bits per heavy atom. The van der Waals surface area contributed by atoms with Crippen molar-refractivity contribution in [1.82, 2.24) is 10.2 Å². The van der Waals surface area contributed by atoms with Crippen molar-refractivity contribution >= 4 is 17.7 Å². The summed E-state index contributed by atoms with van der Waals surface area (Å²) in [7, 11) is 4.46. The molecule has 8 heteroatoms. The lowest BCUT2D eigenvalue weighted by molar-refractivity contribution is 0.187. The number of ether oxygens (including phenoxy) is 3. The molecule has 1 aromatic carbocycles. The van der Waals surface area contributed by atoms with Crippen molar-refractivity contribution in [3.8, 4) is 11.5 Å². The third-order valence-corrected chi connectivity index (χ3v) is 3.00. The highest BCUT2D eigenvalue weighted by Crippen LogP contribution is 2.27. The normalized spacial score (nSPS) is 9.87. The molecule has 8 nitrogen and oxygen atoms in total. The first-order chi connectivity index (χ1) is 11.2. The third kappa shape index (κ3) is 4.47. The van der Waals surface area contributed by atoms with E-state index in [9.17, 15) is 4.79 Å². The van der Waals surface area contributed by atoms with Crippen molar-refractivity contribution in [2.45, 2.75) is 6.54 Å². The Kier molecular flexibility index (Phi) is 5.56. The lowest BCUT2D eigenvalue weighted by Gasteiger charge is -2.10. The minimum Gasteiger partial charge on any atom is -0.493 e. The summed E-state index contributed by atoms with van der Waals surface area (Å²) in [5, 5.41) is 13.4. The zero-order chi connectivity index (χ0) is 16.7. The molecule has 2 aromatic rings. The molecule has 0 saturated heterocycles. The van der Waals surface area contributed by atoms with E-state index in [0.29, 0.717) is 29.7 Å². The maximum atomic E-state index is 11.1. The summed E-state index contributed by atoms with van der Waals surface area (Å²) in [6.45, 7) is 0.540. The van der Waals surface area contributed by atoms with E-state index in [1.165, 1.54) is 7.11 Å². The summed E-state index contributed by atoms with van der Waals surface area (Å²) >= 11 is 0. The SMILES string of the molecule is COC(=O)Nc1ccc(NCc2ccc(OC)c(OC)c2)nn1. The molecule has 1 heterocycles. The number of hydrogen-bond acceptors (Lipinski definition) is 7. The molecule has 2 N–H and O–H groups in total. The van der Waals surface area contributed by atoms with Crippen LogP contribution in [0.5, 0.6) is 11.5 Å². The highest BCUT2D eigenvalue weighted by Gasteiger charge is 2.06. The molecule has 0 fully saturated rings. The van der Waals surface area contributed by atoms with Crippen molar-refractivity contribution in [1.29, 1.82) is 0 Å². The minimum atomic E-state index is -0.592. The second kappa shape index (κ2) is 7.83. The number of amides is 1. The highest BCUT2D eigenvalue weighted by atomic mass is 16.5. The minimum absolute atomic E-state index is 0.313. The Labute approximate surface area is 133 Å². The number of benzene rings is 1. The zero-order valence-electron chi connectivity index (χ0n) is 13.1. The Bertz CT molecular complexity index is 661. The van der Waals surface area contributed by atoms with Crippen LogP contribution in [0.15, 0.2) is 30.3 Å². The maximum absolute atomic E-state index is 11.1. The van der Waals surface area contributed by atoms with Crippen LogP contribution in [0.3, 0.4) is 0 Å². The molecular formula is C15H18N4O4. The molecule has 2 rings (SSSR count). The average Bonchev–Trinajstić information content (AvgIpc) is 2.60. The monoisotopic (exact) mass is 318 g/mol. The number of carbonyl (C=O) groups is 1. The molecule has 1 aromatic heterocycles. The Hall–Kier alpha value is -3.03. The fourth-order valence-corrected chi connectivity index (χ4v) is 1.83. The number of hydrogen-bond donors (Lipinski definition) is 2. The number of nitrogens with zero attached hydrogens (tertiary/aromatic N) is 2. The van der Waals surface area contributed by atoms with Gasteiger partial charge in [-0.1, -0.05) is 6.07 Å². The van der Waals surface area contributed by atoms with E-state index in [1.54, 1.807) is 26.4 Å². The fourth-order valence-electron chi connectivity index (χ4n) is 1.83. The van der Waals surface area contributed by atoms with Crippen LogP contribution in [-0.2, 0) is 11.3 Å². The predicted molar refractivity (Wildman–Crippen MR) is 84.9 cm³/mol. The number of methoxy groups -OCH3 is 3. The molecular weight excluding hydrogens is 300 g/mol. The van der Waals surface area contributed by atoms with Gasteiger partial charge < -0.3 is 19.5 Å². The second-order valence-corrected chi connectivity index (χ2v) is 4.46. The van der Waals surface area contributed by atoms with Crippen LogP contribution >= 0.6 is 0 Å². The van der Waals surface area contributed by atoms with Gasteiger partial charge in [0.1, 0.15) is 5.82 Å². The van der Waals surface area contributed by atoms with Crippen LogP contribution in [0.2, 0.25) is 0 Å². The van der Waals surface area contributed by atoms with Gasteiger partial charge in [0.15, 0.2) is 17.3 Å². The van der Waals surface area contributed by atoms with Crippen molar-refractivity contribution in [3.05, 3.63) is 35.9 Å². The summed E-state index contributed by atoms with van der Waals surface area (Å²) in [6, 6.07) is 8.98. The van der Waals surface area contributed by atoms with Gasteiger partial charge in [-0.2, -0.15) is 0 Å². The van der Waals surface area contributed by atoms with E-state index in [4.69, 9.17) is 9.47 Å². The van der Waals surface area contributed by atoms with Gasteiger partial charge in [0.05, 0.1) is 21.3 Å². The van der Waals surface area contributed by atoms with Gasteiger partial charge in [-0.25, -0.2) is 4.79 Å². The quantitative estimate of drug-likeness (QED) is 0.843. The molecule has 0 aliphatic heterocycles. The second-order valence-electron chi connectivity index (χ2n) is 4.46. The Balaban J connectivity index is 1.96. The summed E-state index contributed by atoms with van der Waals surface area (Å²) < 4.78 is 14.9.